The molecule has 2 fully saturated rings. The Morgan fingerprint density at radius 1 is 1.32 bits per heavy atom. The van der Waals surface area contributed by atoms with Crippen LogP contribution in [0.2, 0.25) is 0 Å². The number of nitriles is 1. The van der Waals surface area contributed by atoms with Gasteiger partial charge in [0, 0.05) is 43.4 Å². The maximum atomic E-state index is 9.23. The van der Waals surface area contributed by atoms with Crippen LogP contribution in [0.5, 0.6) is 0 Å². The SMILES string of the molecule is N#CC[C@@]1(c2ccccn2)CCO[C@]2(CCOC2)C1. The molecule has 100 valence electrons. The summed E-state index contributed by atoms with van der Waals surface area (Å²) in [4.78, 5) is 4.50. The molecular weight excluding hydrogens is 240 g/mol. The first kappa shape index (κ1) is 12.6. The molecule has 1 aromatic heterocycles. The van der Waals surface area contributed by atoms with Crippen molar-refractivity contribution in [3.05, 3.63) is 30.1 Å². The standard InChI is InChI=1S/C15H18N2O2/c16-7-4-14(13-3-1-2-8-17-13)5-10-19-15(11-14)6-9-18-12-15/h1-3,8H,4-6,9-12H2/t14-,15-/m1/s1. The predicted molar refractivity (Wildman–Crippen MR) is 69.5 cm³/mol. The number of ether oxygens (including phenoxy) is 2. The first-order valence-corrected chi connectivity index (χ1v) is 6.79. The van der Waals surface area contributed by atoms with E-state index in [4.69, 9.17) is 9.47 Å². The van der Waals surface area contributed by atoms with Crippen LogP contribution >= 0.6 is 0 Å². The summed E-state index contributed by atoms with van der Waals surface area (Å²) in [5.74, 6) is 0. The Hall–Kier alpha value is -1.44. The third-order valence-corrected chi connectivity index (χ3v) is 4.34. The van der Waals surface area contributed by atoms with Gasteiger partial charge >= 0.3 is 0 Å². The van der Waals surface area contributed by atoms with Crippen molar-refractivity contribution < 1.29 is 9.47 Å². The molecule has 2 atom stereocenters. The lowest BCUT2D eigenvalue weighted by molar-refractivity contribution is -0.107. The van der Waals surface area contributed by atoms with E-state index in [1.807, 2.05) is 24.4 Å². The van der Waals surface area contributed by atoms with Crippen LogP contribution < -0.4 is 0 Å². The van der Waals surface area contributed by atoms with Crippen LogP contribution in [0.3, 0.4) is 0 Å². The summed E-state index contributed by atoms with van der Waals surface area (Å²) in [6, 6.07) is 8.29. The number of pyridine rings is 1. The molecule has 3 heterocycles. The smallest absolute Gasteiger partial charge is 0.0946 e. The Labute approximate surface area is 113 Å². The maximum absolute atomic E-state index is 9.23. The average molecular weight is 258 g/mol. The zero-order valence-electron chi connectivity index (χ0n) is 11.0. The van der Waals surface area contributed by atoms with Crippen LogP contribution in [-0.2, 0) is 14.9 Å². The van der Waals surface area contributed by atoms with Gasteiger partial charge in [0.1, 0.15) is 0 Å². The summed E-state index contributed by atoms with van der Waals surface area (Å²) in [7, 11) is 0. The third kappa shape index (κ3) is 2.24. The molecule has 0 aromatic carbocycles. The molecule has 0 saturated carbocycles. The van der Waals surface area contributed by atoms with Gasteiger partial charge in [-0.15, -0.1) is 0 Å². The molecule has 2 saturated heterocycles. The molecule has 2 aliphatic rings. The molecule has 1 spiro atoms. The van der Waals surface area contributed by atoms with Gasteiger partial charge in [-0.05, 0) is 25.0 Å². The molecule has 0 unspecified atom stereocenters. The molecule has 1 aromatic rings. The highest BCUT2D eigenvalue weighted by Crippen LogP contribution is 2.46. The Kier molecular flexibility index (Phi) is 3.26. The fraction of sp³-hybridized carbons (Fsp3) is 0.600. The van der Waals surface area contributed by atoms with Crippen molar-refractivity contribution >= 4 is 0 Å². The minimum Gasteiger partial charge on any atom is -0.378 e. The third-order valence-electron chi connectivity index (χ3n) is 4.34. The molecule has 4 heteroatoms. The zero-order chi connectivity index (χ0) is 13.2. The van der Waals surface area contributed by atoms with Gasteiger partial charge in [0.2, 0.25) is 0 Å². The summed E-state index contributed by atoms with van der Waals surface area (Å²) in [6.45, 7) is 2.08. The fourth-order valence-electron chi connectivity index (χ4n) is 3.35. The van der Waals surface area contributed by atoms with E-state index in [0.29, 0.717) is 19.6 Å². The van der Waals surface area contributed by atoms with Crippen molar-refractivity contribution in [1.29, 1.82) is 5.26 Å². The molecule has 0 radical (unpaired) electrons. The van der Waals surface area contributed by atoms with E-state index in [-0.39, 0.29) is 11.0 Å². The van der Waals surface area contributed by atoms with E-state index in [1.165, 1.54) is 0 Å². The van der Waals surface area contributed by atoms with Crippen molar-refractivity contribution in [2.24, 2.45) is 0 Å². The number of rotatable bonds is 2. The van der Waals surface area contributed by atoms with E-state index in [0.717, 1.165) is 31.6 Å². The number of hydrogen-bond acceptors (Lipinski definition) is 4. The normalized spacial score (nSPS) is 34.3. The monoisotopic (exact) mass is 258 g/mol. The number of aromatic nitrogens is 1. The van der Waals surface area contributed by atoms with Gasteiger partial charge < -0.3 is 9.47 Å². The van der Waals surface area contributed by atoms with Crippen LogP contribution in [0.25, 0.3) is 0 Å². The lowest BCUT2D eigenvalue weighted by Gasteiger charge is -2.44. The largest absolute Gasteiger partial charge is 0.378 e. The minimum absolute atomic E-state index is 0.179. The maximum Gasteiger partial charge on any atom is 0.0946 e. The zero-order valence-corrected chi connectivity index (χ0v) is 11.0. The van der Waals surface area contributed by atoms with Gasteiger partial charge in [-0.3, -0.25) is 4.98 Å². The van der Waals surface area contributed by atoms with E-state index in [1.54, 1.807) is 0 Å². The van der Waals surface area contributed by atoms with Gasteiger partial charge in [0.25, 0.3) is 0 Å². The first-order chi connectivity index (χ1) is 9.29. The second-order valence-electron chi connectivity index (χ2n) is 5.59. The quantitative estimate of drug-likeness (QED) is 0.816. The topological polar surface area (TPSA) is 55.1 Å². The Balaban J connectivity index is 1.94. The molecular formula is C15H18N2O2. The van der Waals surface area contributed by atoms with Gasteiger partial charge in [-0.25, -0.2) is 0 Å². The highest BCUT2D eigenvalue weighted by molar-refractivity contribution is 5.22. The molecule has 4 nitrogen and oxygen atoms in total. The van der Waals surface area contributed by atoms with Crippen molar-refractivity contribution in [3.8, 4) is 6.07 Å². The van der Waals surface area contributed by atoms with Crippen molar-refractivity contribution in [2.75, 3.05) is 19.8 Å². The molecule has 0 aliphatic carbocycles. The highest BCUT2D eigenvalue weighted by Gasteiger charge is 2.49. The molecule has 0 N–H and O–H groups in total. The van der Waals surface area contributed by atoms with Gasteiger partial charge in [-0.2, -0.15) is 5.26 Å². The van der Waals surface area contributed by atoms with Crippen LogP contribution in [-0.4, -0.2) is 30.4 Å². The molecule has 2 aliphatic heterocycles. The van der Waals surface area contributed by atoms with Gasteiger partial charge in [0.05, 0.1) is 18.3 Å². The van der Waals surface area contributed by atoms with E-state index in [2.05, 4.69) is 11.1 Å². The van der Waals surface area contributed by atoms with E-state index in [9.17, 15) is 5.26 Å². The Bertz CT molecular complexity index is 477. The van der Waals surface area contributed by atoms with Crippen LogP contribution in [0.15, 0.2) is 24.4 Å². The second kappa shape index (κ2) is 4.92. The summed E-state index contributed by atoms with van der Waals surface area (Å²) < 4.78 is 11.5. The van der Waals surface area contributed by atoms with Crippen molar-refractivity contribution in [3.63, 3.8) is 0 Å². The summed E-state index contributed by atoms with van der Waals surface area (Å²) >= 11 is 0. The highest BCUT2D eigenvalue weighted by atomic mass is 16.6. The fourth-order valence-corrected chi connectivity index (χ4v) is 3.35. The summed E-state index contributed by atoms with van der Waals surface area (Å²) in [6.07, 6.45) is 4.92. The average Bonchev–Trinajstić information content (AvgIpc) is 2.88. The lowest BCUT2D eigenvalue weighted by Crippen LogP contribution is -2.48. The van der Waals surface area contributed by atoms with Gasteiger partial charge in [-0.1, -0.05) is 6.07 Å². The van der Waals surface area contributed by atoms with Crippen LogP contribution in [0.4, 0.5) is 0 Å². The summed E-state index contributed by atoms with van der Waals surface area (Å²) in [5, 5.41) is 9.23. The predicted octanol–water partition coefficient (Wildman–Crippen LogP) is 2.20. The first-order valence-electron chi connectivity index (χ1n) is 6.79. The second-order valence-corrected chi connectivity index (χ2v) is 5.59. The van der Waals surface area contributed by atoms with Crippen molar-refractivity contribution in [1.82, 2.24) is 4.98 Å². The minimum atomic E-state index is -0.202. The molecule has 0 bridgehead atoms. The molecule has 19 heavy (non-hydrogen) atoms. The molecule has 3 rings (SSSR count). The van der Waals surface area contributed by atoms with E-state index < -0.39 is 0 Å². The van der Waals surface area contributed by atoms with Crippen LogP contribution in [0.1, 0.15) is 31.4 Å². The van der Waals surface area contributed by atoms with Crippen LogP contribution in [0, 0.1) is 11.3 Å². The number of nitrogens with zero attached hydrogens (tertiary/aromatic N) is 2. The van der Waals surface area contributed by atoms with Crippen molar-refractivity contribution in [2.45, 2.75) is 36.7 Å². The lowest BCUT2D eigenvalue weighted by atomic mass is 9.68. The molecule has 0 amide bonds. The number of hydrogen-bond donors (Lipinski definition) is 0. The Morgan fingerprint density at radius 2 is 2.26 bits per heavy atom. The Morgan fingerprint density at radius 3 is 2.95 bits per heavy atom. The summed E-state index contributed by atoms with van der Waals surface area (Å²) in [5.41, 5.74) is 0.639. The van der Waals surface area contributed by atoms with Gasteiger partial charge in [0.15, 0.2) is 0 Å². The van der Waals surface area contributed by atoms with E-state index >= 15 is 0 Å².